The van der Waals surface area contributed by atoms with Gasteiger partial charge in [0.25, 0.3) is 0 Å². The van der Waals surface area contributed by atoms with E-state index < -0.39 is 11.9 Å². The van der Waals surface area contributed by atoms with Crippen molar-refractivity contribution in [3.8, 4) is 5.75 Å². The molecule has 0 fully saturated rings. The number of aliphatic hydroxyl groups is 2. The number of hydrogen-bond donors (Lipinski definition) is 2. The Hall–Kier alpha value is -2.43. The van der Waals surface area contributed by atoms with E-state index in [2.05, 4.69) is 11.3 Å². The number of ether oxygens (including phenoxy) is 2. The lowest BCUT2D eigenvalue weighted by Gasteiger charge is -2.05. The second-order valence-electron chi connectivity index (χ2n) is 2.72. The monoisotopic (exact) mass is 222 g/mol. The van der Waals surface area contributed by atoms with Gasteiger partial charge in [-0.2, -0.15) is 0 Å². The Balaban J connectivity index is 2.53. The molecule has 1 aromatic rings. The summed E-state index contributed by atoms with van der Waals surface area (Å²) in [6.07, 6.45) is 0.474. The van der Waals surface area contributed by atoms with Crippen molar-refractivity contribution in [3.63, 3.8) is 0 Å². The minimum atomic E-state index is -1.11. The smallest absolute Gasteiger partial charge is 0.378 e. The van der Waals surface area contributed by atoms with E-state index in [0.29, 0.717) is 12.0 Å². The van der Waals surface area contributed by atoms with E-state index in [4.69, 9.17) is 14.9 Å². The lowest BCUT2D eigenvalue weighted by molar-refractivity contribution is -0.136. The van der Waals surface area contributed by atoms with Gasteiger partial charge in [0, 0.05) is 0 Å². The number of aliphatic hydroxyl groups excluding tert-OH is 1. The van der Waals surface area contributed by atoms with Gasteiger partial charge in [0.2, 0.25) is 5.76 Å². The van der Waals surface area contributed by atoms with Gasteiger partial charge in [-0.25, -0.2) is 4.79 Å². The van der Waals surface area contributed by atoms with E-state index in [1.807, 2.05) is 0 Å². The van der Waals surface area contributed by atoms with Crippen LogP contribution >= 0.6 is 0 Å². The molecule has 0 unspecified atom stereocenters. The molecule has 0 aromatic heterocycles. The van der Waals surface area contributed by atoms with Crippen LogP contribution in [-0.2, 0) is 9.53 Å². The van der Waals surface area contributed by atoms with Crippen LogP contribution in [-0.4, -0.2) is 16.2 Å². The third kappa shape index (κ3) is 3.75. The van der Waals surface area contributed by atoms with Crippen molar-refractivity contribution in [2.75, 3.05) is 0 Å². The Kier molecular flexibility index (Phi) is 3.97. The highest BCUT2D eigenvalue weighted by Crippen LogP contribution is 2.12. The van der Waals surface area contributed by atoms with Crippen molar-refractivity contribution in [2.24, 2.45) is 0 Å². The van der Waals surface area contributed by atoms with Gasteiger partial charge < -0.3 is 19.7 Å². The van der Waals surface area contributed by atoms with Crippen molar-refractivity contribution in [1.29, 1.82) is 0 Å². The lowest BCUT2D eigenvalue weighted by Crippen LogP contribution is -2.09. The van der Waals surface area contributed by atoms with Gasteiger partial charge in [-0.15, -0.1) is 0 Å². The van der Waals surface area contributed by atoms with E-state index >= 15 is 0 Å². The molecule has 2 N–H and O–H groups in total. The first kappa shape index (κ1) is 11.6. The van der Waals surface area contributed by atoms with Crippen LogP contribution in [0.4, 0.5) is 0 Å². The molecule has 0 spiro atoms. The molecular weight excluding hydrogens is 212 g/mol. The standard InChI is InChI=1S/C11H10O5/c1-8(11(14)15-7-10(12)13)16-9-5-3-2-4-6-9/h2-7,12-13H,1H2. The molecule has 5 nitrogen and oxygen atoms in total. The number of para-hydroxylation sites is 1. The fourth-order valence-electron chi connectivity index (χ4n) is 0.844. The maximum atomic E-state index is 11.1. The van der Waals surface area contributed by atoms with Gasteiger partial charge in [-0.3, -0.25) is 0 Å². The molecule has 0 bridgehead atoms. The third-order valence-electron chi connectivity index (χ3n) is 1.48. The number of benzene rings is 1. The molecule has 1 rings (SSSR count). The molecule has 0 aliphatic heterocycles. The molecular formula is C11H10O5. The predicted octanol–water partition coefficient (Wildman–Crippen LogP) is 2.04. The molecule has 16 heavy (non-hydrogen) atoms. The second kappa shape index (κ2) is 5.45. The fourth-order valence-corrected chi connectivity index (χ4v) is 0.844. The SMILES string of the molecule is C=C(Oc1ccccc1)C(=O)OC=C(O)O. The van der Waals surface area contributed by atoms with Crippen molar-refractivity contribution in [1.82, 2.24) is 0 Å². The maximum absolute atomic E-state index is 11.1. The number of esters is 1. The minimum Gasteiger partial charge on any atom is -0.479 e. The minimum absolute atomic E-state index is 0.260. The zero-order chi connectivity index (χ0) is 12.0. The largest absolute Gasteiger partial charge is 0.479 e. The van der Waals surface area contributed by atoms with E-state index in [-0.39, 0.29) is 5.76 Å². The Bertz CT molecular complexity index is 404. The fraction of sp³-hybridized carbons (Fsp3) is 0. The van der Waals surface area contributed by atoms with Crippen LogP contribution in [0.25, 0.3) is 0 Å². The van der Waals surface area contributed by atoms with Gasteiger partial charge in [-0.1, -0.05) is 18.2 Å². The average Bonchev–Trinajstić information content (AvgIpc) is 2.27. The van der Waals surface area contributed by atoms with Crippen molar-refractivity contribution in [3.05, 3.63) is 54.9 Å². The Labute approximate surface area is 91.9 Å². The number of carbonyl (C=O) groups excluding carboxylic acids is 1. The third-order valence-corrected chi connectivity index (χ3v) is 1.48. The van der Waals surface area contributed by atoms with Gasteiger partial charge in [0.15, 0.2) is 6.26 Å². The average molecular weight is 222 g/mol. The first-order valence-electron chi connectivity index (χ1n) is 4.30. The summed E-state index contributed by atoms with van der Waals surface area (Å²) in [4.78, 5) is 11.1. The van der Waals surface area contributed by atoms with Crippen LogP contribution in [0.15, 0.2) is 54.9 Å². The van der Waals surface area contributed by atoms with Gasteiger partial charge in [0.1, 0.15) is 5.75 Å². The molecule has 0 saturated heterocycles. The topological polar surface area (TPSA) is 76.0 Å². The highest BCUT2D eigenvalue weighted by molar-refractivity contribution is 5.86. The summed E-state index contributed by atoms with van der Waals surface area (Å²) < 4.78 is 9.36. The van der Waals surface area contributed by atoms with E-state index in [1.165, 1.54) is 0 Å². The molecule has 0 amide bonds. The molecule has 0 atom stereocenters. The Morgan fingerprint density at radius 1 is 1.25 bits per heavy atom. The molecule has 0 heterocycles. The summed E-state index contributed by atoms with van der Waals surface area (Å²) in [6, 6.07) is 8.52. The van der Waals surface area contributed by atoms with Gasteiger partial charge >= 0.3 is 11.9 Å². The summed E-state index contributed by atoms with van der Waals surface area (Å²) in [6.45, 7) is 3.34. The van der Waals surface area contributed by atoms with Gasteiger partial charge in [-0.05, 0) is 18.7 Å². The van der Waals surface area contributed by atoms with E-state index in [9.17, 15) is 4.79 Å². The molecule has 0 saturated carbocycles. The molecule has 0 radical (unpaired) electrons. The molecule has 1 aromatic carbocycles. The van der Waals surface area contributed by atoms with Crippen molar-refractivity contribution < 1.29 is 24.5 Å². The van der Waals surface area contributed by atoms with Crippen LogP contribution < -0.4 is 4.74 Å². The maximum Gasteiger partial charge on any atom is 0.378 e. The Morgan fingerprint density at radius 2 is 1.88 bits per heavy atom. The first-order valence-corrected chi connectivity index (χ1v) is 4.30. The molecule has 84 valence electrons. The predicted molar refractivity (Wildman–Crippen MR) is 55.6 cm³/mol. The van der Waals surface area contributed by atoms with Gasteiger partial charge in [0.05, 0.1) is 0 Å². The number of hydrogen-bond acceptors (Lipinski definition) is 5. The first-order chi connectivity index (χ1) is 7.59. The van der Waals surface area contributed by atoms with Crippen molar-refractivity contribution in [2.45, 2.75) is 0 Å². The number of rotatable bonds is 4. The van der Waals surface area contributed by atoms with Crippen LogP contribution in [0.5, 0.6) is 5.75 Å². The summed E-state index contributed by atoms with van der Waals surface area (Å²) in [5.74, 6) is -1.85. The van der Waals surface area contributed by atoms with Crippen molar-refractivity contribution >= 4 is 5.97 Å². The zero-order valence-corrected chi connectivity index (χ0v) is 8.29. The second-order valence-corrected chi connectivity index (χ2v) is 2.72. The summed E-state index contributed by atoms with van der Waals surface area (Å²) in [5.41, 5.74) is 0. The van der Waals surface area contributed by atoms with Crippen LogP contribution in [0.2, 0.25) is 0 Å². The normalized spacial score (nSPS) is 9.00. The molecule has 5 heteroatoms. The van der Waals surface area contributed by atoms with Crippen LogP contribution in [0.3, 0.4) is 0 Å². The number of carbonyl (C=O) groups is 1. The molecule has 0 aliphatic rings. The highest BCUT2D eigenvalue weighted by Gasteiger charge is 2.10. The summed E-state index contributed by atoms with van der Waals surface area (Å²) in [7, 11) is 0. The summed E-state index contributed by atoms with van der Waals surface area (Å²) in [5, 5.41) is 16.7. The Morgan fingerprint density at radius 3 is 2.44 bits per heavy atom. The quantitative estimate of drug-likeness (QED) is 0.463. The van der Waals surface area contributed by atoms with E-state index in [1.54, 1.807) is 30.3 Å². The zero-order valence-electron chi connectivity index (χ0n) is 8.29. The summed E-state index contributed by atoms with van der Waals surface area (Å²) >= 11 is 0. The lowest BCUT2D eigenvalue weighted by atomic mass is 10.3. The van der Waals surface area contributed by atoms with Crippen LogP contribution in [0.1, 0.15) is 0 Å². The molecule has 0 aliphatic carbocycles. The van der Waals surface area contributed by atoms with E-state index in [0.717, 1.165) is 0 Å². The van der Waals surface area contributed by atoms with Crippen LogP contribution in [0, 0.1) is 0 Å². The highest BCUT2D eigenvalue weighted by atomic mass is 16.6.